The largest absolute Gasteiger partial charge is 0.387 e. The number of rotatable bonds is 3. The summed E-state index contributed by atoms with van der Waals surface area (Å²) in [7, 11) is 2.96. The first-order valence-electron chi connectivity index (χ1n) is 4.43. The average Bonchev–Trinajstić information content (AvgIpc) is 2.19. The number of hydrogen-bond acceptors (Lipinski definition) is 5. The highest BCUT2D eigenvalue weighted by molar-refractivity contribution is 4.90. The van der Waals surface area contributed by atoms with Crippen molar-refractivity contribution in [3.8, 4) is 0 Å². The highest BCUT2D eigenvalue weighted by Crippen LogP contribution is 2.22. The molecule has 1 aliphatic rings. The lowest BCUT2D eigenvalue weighted by molar-refractivity contribution is -0.220. The average molecular weight is 209 g/mol. The number of methoxy groups -OCH3 is 1. The summed E-state index contributed by atoms with van der Waals surface area (Å²) in [5, 5.41) is 21.3. The summed E-state index contributed by atoms with van der Waals surface area (Å²) in [6.45, 7) is 0.114. The van der Waals surface area contributed by atoms with Gasteiger partial charge in [0.2, 0.25) is 0 Å². The van der Waals surface area contributed by atoms with Gasteiger partial charge < -0.3 is 19.7 Å². The molecule has 0 aromatic rings. The van der Waals surface area contributed by atoms with Gasteiger partial charge in [0.05, 0.1) is 6.61 Å². The molecule has 6 heteroatoms. The third-order valence-corrected chi connectivity index (χ3v) is 2.28. The molecule has 0 spiro atoms. The summed E-state index contributed by atoms with van der Waals surface area (Å²) < 4.78 is 23.2. The Morgan fingerprint density at radius 1 is 1.43 bits per heavy atom. The Morgan fingerprint density at radius 2 is 2.07 bits per heavy atom. The fraction of sp³-hybridized carbons (Fsp3) is 1.00. The van der Waals surface area contributed by atoms with E-state index in [0.29, 0.717) is 0 Å². The minimum atomic E-state index is -1.64. The fourth-order valence-electron chi connectivity index (χ4n) is 1.46. The SMILES string of the molecule is CNC1OC(COC)C(O)C(O)C1F. The topological polar surface area (TPSA) is 71.0 Å². The number of nitrogens with one attached hydrogen (secondary N) is 1. The monoisotopic (exact) mass is 209 g/mol. The summed E-state index contributed by atoms with van der Waals surface area (Å²) in [5.74, 6) is 0. The molecule has 0 aliphatic carbocycles. The maximum atomic E-state index is 13.3. The number of alkyl halides is 1. The maximum absolute atomic E-state index is 13.3. The molecule has 0 radical (unpaired) electrons. The van der Waals surface area contributed by atoms with Crippen LogP contribution in [0.4, 0.5) is 4.39 Å². The van der Waals surface area contributed by atoms with Crippen LogP contribution in [-0.4, -0.2) is 61.7 Å². The second-order valence-electron chi connectivity index (χ2n) is 3.26. The van der Waals surface area contributed by atoms with Gasteiger partial charge in [0, 0.05) is 7.11 Å². The molecule has 5 unspecified atom stereocenters. The molecule has 5 nitrogen and oxygen atoms in total. The Kier molecular flexibility index (Phi) is 4.21. The molecule has 14 heavy (non-hydrogen) atoms. The van der Waals surface area contributed by atoms with Crippen LogP contribution in [0.2, 0.25) is 0 Å². The van der Waals surface area contributed by atoms with Gasteiger partial charge in [-0.2, -0.15) is 0 Å². The Hall–Kier alpha value is -0.270. The molecule has 1 fully saturated rings. The van der Waals surface area contributed by atoms with Crippen molar-refractivity contribution >= 4 is 0 Å². The van der Waals surface area contributed by atoms with Crippen LogP contribution in [0.15, 0.2) is 0 Å². The number of hydrogen-bond donors (Lipinski definition) is 3. The molecular weight excluding hydrogens is 193 g/mol. The van der Waals surface area contributed by atoms with Crippen molar-refractivity contribution in [3.63, 3.8) is 0 Å². The van der Waals surface area contributed by atoms with E-state index in [9.17, 15) is 14.6 Å². The third kappa shape index (κ3) is 2.21. The zero-order valence-electron chi connectivity index (χ0n) is 8.18. The van der Waals surface area contributed by atoms with E-state index in [1.54, 1.807) is 0 Å². The van der Waals surface area contributed by atoms with E-state index in [-0.39, 0.29) is 6.61 Å². The predicted molar refractivity (Wildman–Crippen MR) is 46.5 cm³/mol. The summed E-state index contributed by atoms with van der Waals surface area (Å²) in [5.41, 5.74) is 0. The van der Waals surface area contributed by atoms with Crippen molar-refractivity contribution < 1.29 is 24.1 Å². The zero-order chi connectivity index (χ0) is 10.7. The summed E-state index contributed by atoms with van der Waals surface area (Å²) in [6.07, 6.45) is -5.95. The normalized spacial score (nSPS) is 43.9. The van der Waals surface area contributed by atoms with Crippen LogP contribution in [0.3, 0.4) is 0 Å². The lowest BCUT2D eigenvalue weighted by Gasteiger charge is -2.38. The number of aliphatic hydroxyl groups excluding tert-OH is 2. The van der Waals surface area contributed by atoms with Crippen LogP contribution < -0.4 is 5.32 Å². The Morgan fingerprint density at radius 3 is 2.57 bits per heavy atom. The molecule has 0 bridgehead atoms. The zero-order valence-corrected chi connectivity index (χ0v) is 8.18. The van der Waals surface area contributed by atoms with Crippen LogP contribution in [0, 0.1) is 0 Å². The van der Waals surface area contributed by atoms with Crippen molar-refractivity contribution in [2.75, 3.05) is 20.8 Å². The maximum Gasteiger partial charge on any atom is 0.168 e. The van der Waals surface area contributed by atoms with E-state index in [4.69, 9.17) is 9.47 Å². The van der Waals surface area contributed by atoms with E-state index in [2.05, 4.69) is 5.32 Å². The van der Waals surface area contributed by atoms with Gasteiger partial charge in [0.15, 0.2) is 6.17 Å². The van der Waals surface area contributed by atoms with Gasteiger partial charge in [0.25, 0.3) is 0 Å². The molecule has 1 rings (SSSR count). The second-order valence-corrected chi connectivity index (χ2v) is 3.26. The highest BCUT2D eigenvalue weighted by Gasteiger charge is 2.44. The fourth-order valence-corrected chi connectivity index (χ4v) is 1.46. The third-order valence-electron chi connectivity index (χ3n) is 2.28. The van der Waals surface area contributed by atoms with Gasteiger partial charge in [-0.05, 0) is 7.05 Å². The van der Waals surface area contributed by atoms with E-state index in [0.717, 1.165) is 0 Å². The molecule has 5 atom stereocenters. The van der Waals surface area contributed by atoms with Gasteiger partial charge in [-0.25, -0.2) is 4.39 Å². The number of aliphatic hydroxyl groups is 2. The van der Waals surface area contributed by atoms with Gasteiger partial charge >= 0.3 is 0 Å². The summed E-state index contributed by atoms with van der Waals surface area (Å²) in [4.78, 5) is 0. The first kappa shape index (κ1) is 11.8. The molecule has 0 saturated carbocycles. The molecule has 0 aromatic carbocycles. The van der Waals surface area contributed by atoms with Crippen LogP contribution in [0.5, 0.6) is 0 Å². The first-order valence-corrected chi connectivity index (χ1v) is 4.43. The second kappa shape index (κ2) is 4.99. The van der Waals surface area contributed by atoms with Gasteiger partial charge in [-0.3, -0.25) is 5.32 Å². The molecule has 3 N–H and O–H groups in total. The van der Waals surface area contributed by atoms with Gasteiger partial charge in [-0.1, -0.05) is 0 Å². The van der Waals surface area contributed by atoms with Crippen molar-refractivity contribution in [3.05, 3.63) is 0 Å². The Balaban J connectivity index is 2.63. The van der Waals surface area contributed by atoms with E-state index in [1.165, 1.54) is 14.2 Å². The van der Waals surface area contributed by atoms with Crippen molar-refractivity contribution in [2.45, 2.75) is 30.7 Å². The minimum Gasteiger partial charge on any atom is -0.387 e. The lowest BCUT2D eigenvalue weighted by atomic mass is 9.99. The highest BCUT2D eigenvalue weighted by atomic mass is 19.1. The minimum absolute atomic E-state index is 0.114. The molecule has 1 heterocycles. The van der Waals surface area contributed by atoms with Crippen LogP contribution >= 0.6 is 0 Å². The van der Waals surface area contributed by atoms with E-state index in [1.807, 2.05) is 0 Å². The van der Waals surface area contributed by atoms with Crippen molar-refractivity contribution in [1.29, 1.82) is 0 Å². The Labute approximate surface area is 81.8 Å². The lowest BCUT2D eigenvalue weighted by Crippen LogP contribution is -2.60. The number of ether oxygens (including phenoxy) is 2. The molecule has 0 amide bonds. The van der Waals surface area contributed by atoms with Gasteiger partial charge in [-0.15, -0.1) is 0 Å². The smallest absolute Gasteiger partial charge is 0.168 e. The number of halogens is 1. The summed E-state index contributed by atoms with van der Waals surface area (Å²) >= 11 is 0. The van der Waals surface area contributed by atoms with Crippen LogP contribution in [-0.2, 0) is 9.47 Å². The molecule has 1 aliphatic heterocycles. The van der Waals surface area contributed by atoms with E-state index >= 15 is 0 Å². The predicted octanol–water partition coefficient (Wildman–Crippen LogP) is -1.36. The van der Waals surface area contributed by atoms with Crippen molar-refractivity contribution in [2.24, 2.45) is 0 Å². The standard InChI is InChI=1S/C8H16FNO4/c1-10-8-5(9)7(12)6(11)4(14-8)3-13-2/h4-8,10-12H,3H2,1-2H3. The summed E-state index contributed by atoms with van der Waals surface area (Å²) in [6, 6.07) is 0. The van der Waals surface area contributed by atoms with Crippen molar-refractivity contribution in [1.82, 2.24) is 5.32 Å². The molecule has 84 valence electrons. The quantitative estimate of drug-likeness (QED) is 0.535. The first-order chi connectivity index (χ1) is 6.61. The van der Waals surface area contributed by atoms with E-state index < -0.39 is 30.7 Å². The molecule has 0 aromatic heterocycles. The van der Waals surface area contributed by atoms with Crippen LogP contribution in [0.25, 0.3) is 0 Å². The van der Waals surface area contributed by atoms with Gasteiger partial charge in [0.1, 0.15) is 24.5 Å². The Bertz CT molecular complexity index is 179. The molecule has 1 saturated heterocycles. The van der Waals surface area contributed by atoms with Crippen LogP contribution in [0.1, 0.15) is 0 Å². The molecular formula is C8H16FNO4.